The Kier molecular flexibility index (Phi) is 7.93. The van der Waals surface area contributed by atoms with E-state index in [-0.39, 0.29) is 18.6 Å². The van der Waals surface area contributed by atoms with E-state index in [1.165, 1.54) is 0 Å². The Hall–Kier alpha value is -3.65. The van der Waals surface area contributed by atoms with Crippen LogP contribution in [0.3, 0.4) is 0 Å². The lowest BCUT2D eigenvalue weighted by atomic mass is 10.2. The number of carbonyl (C=O) groups excluding carboxylic acids is 1. The Morgan fingerprint density at radius 1 is 1.06 bits per heavy atom. The highest BCUT2D eigenvalue weighted by Crippen LogP contribution is 2.16. The molecule has 8 heteroatoms. The lowest BCUT2D eigenvalue weighted by molar-refractivity contribution is -0.123. The summed E-state index contributed by atoms with van der Waals surface area (Å²) in [5.74, 6) is 3.07. The van der Waals surface area contributed by atoms with Gasteiger partial charge < -0.3 is 19.4 Å². The SMILES string of the molecule is COc1ccc(/C=C/CN2CCc3nnc([C@@H](C)NC(=O)COc4ccccc4)n3CC2)cc1. The molecule has 1 amide bonds. The number of rotatable bonds is 9. The predicted octanol–water partition coefficient (Wildman–Crippen LogP) is 3.11. The number of methoxy groups -OCH3 is 1. The van der Waals surface area contributed by atoms with Crippen molar-refractivity contribution in [3.05, 3.63) is 77.9 Å². The van der Waals surface area contributed by atoms with Gasteiger partial charge in [-0.05, 0) is 36.8 Å². The number of para-hydroxylation sites is 1. The van der Waals surface area contributed by atoms with Crippen LogP contribution in [-0.4, -0.2) is 58.9 Å². The predicted molar refractivity (Wildman–Crippen MR) is 131 cm³/mol. The maximum Gasteiger partial charge on any atom is 0.258 e. The maximum absolute atomic E-state index is 12.4. The fourth-order valence-corrected chi connectivity index (χ4v) is 3.96. The third-order valence-corrected chi connectivity index (χ3v) is 5.82. The second-order valence-electron chi connectivity index (χ2n) is 8.24. The molecule has 1 aliphatic heterocycles. The van der Waals surface area contributed by atoms with Crippen molar-refractivity contribution in [3.63, 3.8) is 0 Å². The minimum atomic E-state index is -0.255. The van der Waals surface area contributed by atoms with Crippen molar-refractivity contribution in [2.75, 3.05) is 33.4 Å². The molecule has 1 N–H and O–H groups in total. The highest BCUT2D eigenvalue weighted by molar-refractivity contribution is 5.77. The van der Waals surface area contributed by atoms with E-state index >= 15 is 0 Å². The minimum Gasteiger partial charge on any atom is -0.497 e. The molecule has 0 fully saturated rings. The van der Waals surface area contributed by atoms with Crippen molar-refractivity contribution >= 4 is 12.0 Å². The van der Waals surface area contributed by atoms with Gasteiger partial charge in [0.05, 0.1) is 13.2 Å². The fraction of sp³-hybridized carbons (Fsp3) is 0.346. The van der Waals surface area contributed by atoms with Gasteiger partial charge in [-0.15, -0.1) is 10.2 Å². The van der Waals surface area contributed by atoms with E-state index in [4.69, 9.17) is 9.47 Å². The maximum atomic E-state index is 12.4. The van der Waals surface area contributed by atoms with Crippen LogP contribution in [0.5, 0.6) is 11.5 Å². The van der Waals surface area contributed by atoms with E-state index in [0.717, 1.165) is 55.6 Å². The molecule has 0 spiro atoms. The molecule has 8 nitrogen and oxygen atoms in total. The molecule has 1 aromatic heterocycles. The van der Waals surface area contributed by atoms with Crippen LogP contribution in [0.15, 0.2) is 60.7 Å². The fourth-order valence-electron chi connectivity index (χ4n) is 3.96. The molecular weight excluding hydrogens is 430 g/mol. The zero-order chi connectivity index (χ0) is 23.8. The molecule has 1 aliphatic rings. The number of hydrogen-bond acceptors (Lipinski definition) is 6. The van der Waals surface area contributed by atoms with Crippen LogP contribution in [0.1, 0.15) is 30.2 Å². The summed E-state index contributed by atoms with van der Waals surface area (Å²) in [4.78, 5) is 14.8. The molecule has 0 bridgehead atoms. The van der Waals surface area contributed by atoms with Gasteiger partial charge in [0.15, 0.2) is 12.4 Å². The Bertz CT molecular complexity index is 1100. The number of fused-ring (bicyclic) bond motifs is 1. The molecule has 1 atom stereocenters. The van der Waals surface area contributed by atoms with E-state index in [9.17, 15) is 4.79 Å². The van der Waals surface area contributed by atoms with Crippen molar-refractivity contribution in [1.82, 2.24) is 25.0 Å². The molecule has 0 unspecified atom stereocenters. The van der Waals surface area contributed by atoms with Crippen LogP contribution >= 0.6 is 0 Å². The normalized spacial score (nSPS) is 14.9. The smallest absolute Gasteiger partial charge is 0.258 e. The number of ether oxygens (including phenoxy) is 2. The van der Waals surface area contributed by atoms with Crippen LogP contribution in [-0.2, 0) is 17.8 Å². The van der Waals surface area contributed by atoms with E-state index in [1.807, 2.05) is 61.5 Å². The first-order chi connectivity index (χ1) is 16.6. The van der Waals surface area contributed by atoms with Crippen LogP contribution in [0.25, 0.3) is 6.08 Å². The molecule has 0 saturated heterocycles. The second kappa shape index (κ2) is 11.5. The van der Waals surface area contributed by atoms with Gasteiger partial charge in [-0.3, -0.25) is 9.69 Å². The van der Waals surface area contributed by atoms with Crippen molar-refractivity contribution in [2.24, 2.45) is 0 Å². The van der Waals surface area contributed by atoms with Gasteiger partial charge in [0, 0.05) is 32.6 Å². The lowest BCUT2D eigenvalue weighted by Gasteiger charge is -2.18. The summed E-state index contributed by atoms with van der Waals surface area (Å²) >= 11 is 0. The molecule has 3 aromatic rings. The Morgan fingerprint density at radius 3 is 2.62 bits per heavy atom. The molecule has 2 aromatic carbocycles. The van der Waals surface area contributed by atoms with Gasteiger partial charge >= 0.3 is 0 Å². The highest BCUT2D eigenvalue weighted by Gasteiger charge is 2.22. The molecule has 0 saturated carbocycles. The number of benzene rings is 2. The zero-order valence-electron chi connectivity index (χ0n) is 19.7. The van der Waals surface area contributed by atoms with Gasteiger partial charge in [-0.2, -0.15) is 0 Å². The summed E-state index contributed by atoms with van der Waals surface area (Å²) in [7, 11) is 1.67. The van der Waals surface area contributed by atoms with Gasteiger partial charge in [0.25, 0.3) is 5.91 Å². The van der Waals surface area contributed by atoms with Crippen molar-refractivity contribution < 1.29 is 14.3 Å². The Morgan fingerprint density at radius 2 is 1.85 bits per heavy atom. The molecule has 178 valence electrons. The third-order valence-electron chi connectivity index (χ3n) is 5.82. The lowest BCUT2D eigenvalue weighted by Crippen LogP contribution is -2.33. The first kappa shape index (κ1) is 23.5. The monoisotopic (exact) mass is 461 g/mol. The summed E-state index contributed by atoms with van der Waals surface area (Å²) in [5, 5.41) is 11.7. The van der Waals surface area contributed by atoms with E-state index in [0.29, 0.717) is 5.75 Å². The van der Waals surface area contributed by atoms with Crippen LogP contribution < -0.4 is 14.8 Å². The molecule has 0 aliphatic carbocycles. The van der Waals surface area contributed by atoms with Crippen molar-refractivity contribution in [1.29, 1.82) is 0 Å². The molecule has 2 heterocycles. The van der Waals surface area contributed by atoms with Crippen molar-refractivity contribution in [3.8, 4) is 11.5 Å². The first-order valence-electron chi connectivity index (χ1n) is 11.5. The zero-order valence-corrected chi connectivity index (χ0v) is 19.7. The number of hydrogen-bond donors (Lipinski definition) is 1. The Labute approximate surface area is 200 Å². The number of carbonyl (C=O) groups is 1. The molecule has 34 heavy (non-hydrogen) atoms. The van der Waals surface area contributed by atoms with Gasteiger partial charge in [0.1, 0.15) is 17.3 Å². The number of nitrogens with zero attached hydrogens (tertiary/aromatic N) is 4. The second-order valence-corrected chi connectivity index (χ2v) is 8.24. The topological polar surface area (TPSA) is 81.5 Å². The summed E-state index contributed by atoms with van der Waals surface area (Å²) in [5.41, 5.74) is 1.15. The molecular formula is C26H31N5O3. The summed E-state index contributed by atoms with van der Waals surface area (Å²) < 4.78 is 12.9. The van der Waals surface area contributed by atoms with E-state index in [2.05, 4.69) is 37.1 Å². The van der Waals surface area contributed by atoms with E-state index < -0.39 is 0 Å². The number of amides is 1. The van der Waals surface area contributed by atoms with Crippen molar-refractivity contribution in [2.45, 2.75) is 25.9 Å². The minimum absolute atomic E-state index is 0.0380. The van der Waals surface area contributed by atoms with Gasteiger partial charge in [-0.25, -0.2) is 0 Å². The highest BCUT2D eigenvalue weighted by atomic mass is 16.5. The summed E-state index contributed by atoms with van der Waals surface area (Å²) in [6, 6.07) is 17.1. The third kappa shape index (κ3) is 6.23. The number of nitrogens with one attached hydrogen (secondary N) is 1. The standard InChI is InChI=1S/C26H31N5O3/c1-20(27-25(32)19-34-23-8-4-3-5-9-23)26-29-28-24-14-16-30(17-18-31(24)26)15-6-7-21-10-12-22(33-2)13-11-21/h3-13,20H,14-19H2,1-2H3,(H,27,32)/b7-6+/t20-/m1/s1. The summed E-state index contributed by atoms with van der Waals surface area (Å²) in [6.07, 6.45) is 5.14. The molecule has 4 rings (SSSR count). The van der Waals surface area contributed by atoms with E-state index in [1.54, 1.807) is 7.11 Å². The summed E-state index contributed by atoms with van der Waals surface area (Å²) in [6.45, 7) is 5.35. The van der Waals surface area contributed by atoms with Gasteiger partial charge in [0.2, 0.25) is 0 Å². The average Bonchev–Trinajstić information content (AvgIpc) is 3.17. The van der Waals surface area contributed by atoms with Crippen LogP contribution in [0.2, 0.25) is 0 Å². The Balaban J connectivity index is 1.28. The first-order valence-corrected chi connectivity index (χ1v) is 11.5. The van der Waals surface area contributed by atoms with Crippen LogP contribution in [0, 0.1) is 0 Å². The number of aromatic nitrogens is 3. The van der Waals surface area contributed by atoms with Gasteiger partial charge in [-0.1, -0.05) is 42.5 Å². The largest absolute Gasteiger partial charge is 0.497 e. The quantitative estimate of drug-likeness (QED) is 0.527. The average molecular weight is 462 g/mol. The van der Waals surface area contributed by atoms with Crippen LogP contribution in [0.4, 0.5) is 0 Å². The molecule has 0 radical (unpaired) electrons.